The molecule has 3 rings (SSSR count). The lowest BCUT2D eigenvalue weighted by Gasteiger charge is -2.14. The summed E-state index contributed by atoms with van der Waals surface area (Å²) in [7, 11) is 2.99. The molecule has 0 saturated carbocycles. The molecule has 110 valence electrons. The molecule has 5 heteroatoms. The van der Waals surface area contributed by atoms with Crippen molar-refractivity contribution < 1.29 is 14.3 Å². The molecule has 0 atom stereocenters. The molecule has 0 bridgehead atoms. The molecule has 4 nitrogen and oxygen atoms in total. The number of esters is 1. The minimum absolute atomic E-state index is 0.370. The molecule has 0 radical (unpaired) electrons. The fourth-order valence-electron chi connectivity index (χ4n) is 2.66. The Balaban J connectivity index is 2.19. The topological polar surface area (TPSA) is 48.4 Å². The number of thiazole rings is 1. The number of hydrogen-bond acceptors (Lipinski definition) is 5. The van der Waals surface area contributed by atoms with Crippen LogP contribution in [0.5, 0.6) is 5.75 Å². The van der Waals surface area contributed by atoms with Crippen LogP contribution in [0.25, 0.3) is 15.8 Å². The number of methoxy groups -OCH3 is 2. The third kappa shape index (κ3) is 2.53. The van der Waals surface area contributed by atoms with Crippen molar-refractivity contribution in [3.8, 4) is 5.75 Å². The fraction of sp³-hybridized carbons (Fsp3) is 0.375. The Kier molecular flexibility index (Phi) is 3.92. The Bertz CT molecular complexity index is 718. The molecule has 1 aliphatic carbocycles. The van der Waals surface area contributed by atoms with Crippen LogP contribution >= 0.6 is 11.3 Å². The van der Waals surface area contributed by atoms with E-state index in [1.807, 2.05) is 6.07 Å². The average molecular weight is 303 g/mol. The Morgan fingerprint density at radius 3 is 2.81 bits per heavy atom. The predicted octanol–water partition coefficient (Wildman–Crippen LogP) is 4.05. The van der Waals surface area contributed by atoms with Crippen LogP contribution in [0.2, 0.25) is 0 Å². The molecule has 1 heterocycles. The van der Waals surface area contributed by atoms with Crippen LogP contribution in [0.1, 0.15) is 41.0 Å². The normalized spacial score (nSPS) is 14.9. The van der Waals surface area contributed by atoms with Gasteiger partial charge in [0.2, 0.25) is 5.01 Å². The summed E-state index contributed by atoms with van der Waals surface area (Å²) >= 11 is 1.37. The second-order valence-electron chi connectivity index (χ2n) is 4.98. The Morgan fingerprint density at radius 1 is 1.29 bits per heavy atom. The van der Waals surface area contributed by atoms with E-state index in [-0.39, 0.29) is 0 Å². The summed E-state index contributed by atoms with van der Waals surface area (Å²) in [6, 6.07) is 3.99. The van der Waals surface area contributed by atoms with E-state index < -0.39 is 5.97 Å². The fourth-order valence-corrected chi connectivity index (χ4v) is 3.71. The van der Waals surface area contributed by atoms with Crippen molar-refractivity contribution >= 4 is 33.1 Å². The van der Waals surface area contributed by atoms with Gasteiger partial charge in [-0.2, -0.15) is 0 Å². The molecule has 0 saturated heterocycles. The first kappa shape index (κ1) is 14.1. The van der Waals surface area contributed by atoms with E-state index in [0.717, 1.165) is 28.6 Å². The van der Waals surface area contributed by atoms with E-state index in [0.29, 0.717) is 10.8 Å². The van der Waals surface area contributed by atoms with Gasteiger partial charge in [-0.05, 0) is 49.0 Å². The minimum Gasteiger partial charge on any atom is -0.494 e. The van der Waals surface area contributed by atoms with Crippen molar-refractivity contribution in [1.82, 2.24) is 4.98 Å². The van der Waals surface area contributed by atoms with Crippen molar-refractivity contribution in [2.24, 2.45) is 0 Å². The van der Waals surface area contributed by atoms with Gasteiger partial charge in [-0.3, -0.25) is 0 Å². The van der Waals surface area contributed by atoms with Gasteiger partial charge in [-0.25, -0.2) is 9.78 Å². The molecule has 0 amide bonds. The second kappa shape index (κ2) is 5.85. The number of allylic oxidation sites excluding steroid dienone is 2. The molecule has 1 aliphatic rings. The van der Waals surface area contributed by atoms with Crippen molar-refractivity contribution in [2.45, 2.75) is 25.7 Å². The van der Waals surface area contributed by atoms with Crippen molar-refractivity contribution in [3.63, 3.8) is 0 Å². The highest BCUT2D eigenvalue weighted by molar-refractivity contribution is 7.20. The number of aromatic nitrogens is 1. The summed E-state index contributed by atoms with van der Waals surface area (Å²) in [5, 5.41) is 0.370. The maximum atomic E-state index is 11.7. The molecule has 1 aromatic heterocycles. The van der Waals surface area contributed by atoms with Crippen LogP contribution in [0.3, 0.4) is 0 Å². The zero-order valence-electron chi connectivity index (χ0n) is 12.1. The summed E-state index contributed by atoms with van der Waals surface area (Å²) in [6.45, 7) is 0. The monoisotopic (exact) mass is 303 g/mol. The van der Waals surface area contributed by atoms with E-state index in [2.05, 4.69) is 17.1 Å². The van der Waals surface area contributed by atoms with Gasteiger partial charge in [0.15, 0.2) is 0 Å². The molecule has 0 spiro atoms. The highest BCUT2D eigenvalue weighted by Gasteiger charge is 2.19. The zero-order chi connectivity index (χ0) is 14.8. The average Bonchev–Trinajstić information content (AvgIpc) is 2.99. The van der Waals surface area contributed by atoms with Crippen LogP contribution in [-0.2, 0) is 4.74 Å². The molecular weight excluding hydrogens is 286 g/mol. The first-order chi connectivity index (χ1) is 10.2. The third-order valence-corrected chi connectivity index (χ3v) is 4.79. The number of ether oxygens (including phenoxy) is 2. The number of carbonyl (C=O) groups is 1. The van der Waals surface area contributed by atoms with Crippen LogP contribution < -0.4 is 4.74 Å². The Labute approximate surface area is 127 Å². The lowest BCUT2D eigenvalue weighted by Crippen LogP contribution is -1.99. The highest BCUT2D eigenvalue weighted by atomic mass is 32.1. The van der Waals surface area contributed by atoms with Gasteiger partial charge >= 0.3 is 5.97 Å². The SMILES string of the molecule is COC(=O)c1nc2c(OC)ccc(C3=CCCCC3)c2s1. The van der Waals surface area contributed by atoms with Crippen molar-refractivity contribution in [3.05, 3.63) is 28.8 Å². The number of hydrogen-bond donors (Lipinski definition) is 0. The molecule has 2 aromatic rings. The van der Waals surface area contributed by atoms with E-state index in [4.69, 9.17) is 9.47 Å². The standard InChI is InChI=1S/C16H17NO3S/c1-19-12-9-8-11(10-6-4-3-5-7-10)14-13(12)17-15(21-14)16(18)20-2/h6,8-9H,3-5,7H2,1-2H3. The maximum absolute atomic E-state index is 11.7. The molecule has 0 fully saturated rings. The number of fused-ring (bicyclic) bond motifs is 1. The first-order valence-electron chi connectivity index (χ1n) is 7.00. The van der Waals surface area contributed by atoms with Gasteiger partial charge < -0.3 is 9.47 Å². The largest absolute Gasteiger partial charge is 0.494 e. The van der Waals surface area contributed by atoms with Crippen molar-refractivity contribution in [1.29, 1.82) is 0 Å². The summed E-state index contributed by atoms with van der Waals surface area (Å²) < 4.78 is 11.2. The minimum atomic E-state index is -0.401. The summed E-state index contributed by atoms with van der Waals surface area (Å²) in [5.74, 6) is 0.290. The quantitative estimate of drug-likeness (QED) is 0.803. The Hall–Kier alpha value is -1.88. The van der Waals surface area contributed by atoms with Gasteiger partial charge in [-0.1, -0.05) is 6.08 Å². The first-order valence-corrected chi connectivity index (χ1v) is 7.81. The summed E-state index contributed by atoms with van der Waals surface area (Å²) in [4.78, 5) is 16.1. The molecule has 0 N–H and O–H groups in total. The van der Waals surface area contributed by atoms with E-state index >= 15 is 0 Å². The molecule has 0 aliphatic heterocycles. The Morgan fingerprint density at radius 2 is 2.14 bits per heavy atom. The highest BCUT2D eigenvalue weighted by Crippen LogP contribution is 2.38. The third-order valence-electron chi connectivity index (χ3n) is 3.72. The predicted molar refractivity (Wildman–Crippen MR) is 84.0 cm³/mol. The van der Waals surface area contributed by atoms with Crippen molar-refractivity contribution in [2.75, 3.05) is 14.2 Å². The van der Waals surface area contributed by atoms with Gasteiger partial charge in [0.1, 0.15) is 11.3 Å². The van der Waals surface area contributed by atoms with Crippen LogP contribution in [0, 0.1) is 0 Å². The summed E-state index contributed by atoms with van der Waals surface area (Å²) in [5.41, 5.74) is 3.25. The lowest BCUT2D eigenvalue weighted by atomic mass is 9.93. The van der Waals surface area contributed by atoms with Gasteiger partial charge in [0, 0.05) is 0 Å². The molecule has 0 unspecified atom stereocenters. The van der Waals surface area contributed by atoms with Crippen LogP contribution in [-0.4, -0.2) is 25.2 Å². The van der Waals surface area contributed by atoms with Crippen LogP contribution in [0.15, 0.2) is 18.2 Å². The zero-order valence-corrected chi connectivity index (χ0v) is 13.0. The van der Waals surface area contributed by atoms with Crippen LogP contribution in [0.4, 0.5) is 0 Å². The van der Waals surface area contributed by atoms with E-state index in [1.165, 1.54) is 36.9 Å². The number of carbonyl (C=O) groups excluding carboxylic acids is 1. The van der Waals surface area contributed by atoms with Gasteiger partial charge in [-0.15, -0.1) is 11.3 Å². The molecular formula is C16H17NO3S. The van der Waals surface area contributed by atoms with Gasteiger partial charge in [0.05, 0.1) is 18.9 Å². The van der Waals surface area contributed by atoms with E-state index in [1.54, 1.807) is 7.11 Å². The van der Waals surface area contributed by atoms with Gasteiger partial charge in [0.25, 0.3) is 0 Å². The number of rotatable bonds is 3. The lowest BCUT2D eigenvalue weighted by molar-refractivity contribution is 0.0600. The number of nitrogens with zero attached hydrogens (tertiary/aromatic N) is 1. The number of benzene rings is 1. The smallest absolute Gasteiger partial charge is 0.367 e. The molecule has 21 heavy (non-hydrogen) atoms. The second-order valence-corrected chi connectivity index (χ2v) is 5.98. The maximum Gasteiger partial charge on any atom is 0.367 e. The van der Waals surface area contributed by atoms with E-state index in [9.17, 15) is 4.79 Å². The summed E-state index contributed by atoms with van der Waals surface area (Å²) in [6.07, 6.45) is 6.95. The molecule has 1 aromatic carbocycles.